The number of carbonyl (C=O) groups excluding carboxylic acids is 1. The Balaban J connectivity index is 1.49. The number of thioether (sulfide) groups is 2. The van der Waals surface area contributed by atoms with Crippen LogP contribution in [0.1, 0.15) is 24.1 Å². The van der Waals surface area contributed by atoms with Gasteiger partial charge in [0.25, 0.3) is 0 Å². The van der Waals surface area contributed by atoms with E-state index in [1.807, 2.05) is 18.2 Å². The first kappa shape index (κ1) is 25.3. The largest absolute Gasteiger partial charge is 0.481 e. The van der Waals surface area contributed by atoms with E-state index in [-0.39, 0.29) is 35.2 Å². The van der Waals surface area contributed by atoms with Crippen molar-refractivity contribution in [2.24, 2.45) is 11.8 Å². The van der Waals surface area contributed by atoms with Crippen LogP contribution in [-0.4, -0.2) is 62.3 Å². The molecule has 1 aromatic heterocycles. The van der Waals surface area contributed by atoms with E-state index in [2.05, 4.69) is 18.2 Å². The summed E-state index contributed by atoms with van der Waals surface area (Å²) in [4.78, 5) is 24.3. The summed E-state index contributed by atoms with van der Waals surface area (Å²) < 4.78 is 1.25. The van der Waals surface area contributed by atoms with Gasteiger partial charge in [-0.3, -0.25) is 9.59 Å². The monoisotopic (exact) mass is 494 g/mol. The number of allylic oxidation sites excluding steroid dienone is 1. The van der Waals surface area contributed by atoms with Crippen LogP contribution in [0.15, 0.2) is 42.5 Å². The number of aliphatic hydroxyl groups is 2. The number of aryl methyl sites for hydroxylation is 1. The summed E-state index contributed by atoms with van der Waals surface area (Å²) in [5.41, 5.74) is 0. The van der Waals surface area contributed by atoms with Crippen molar-refractivity contribution in [3.05, 3.63) is 47.4 Å². The standard InChI is InChI=1S/C24H30O5S3/c25-14-17-13-21(27)24(31-11-3-10-30-15-23(28)29)20(17)9-7-18(26)6-8-19-12-16-4-1-2-5-22(16)32-19/h1-2,4-5,7,9,12,17-18,20,24-26H,3,6,8,10-11,13-15H2,(H,28,29)/b9-7+/t17-,18+,20-,24+/m0/s1. The van der Waals surface area contributed by atoms with E-state index in [9.17, 15) is 19.8 Å². The molecule has 3 rings (SSSR count). The number of carboxylic acids is 1. The summed E-state index contributed by atoms with van der Waals surface area (Å²) >= 11 is 4.73. The second kappa shape index (κ2) is 12.8. The minimum Gasteiger partial charge on any atom is -0.481 e. The Morgan fingerprint density at radius 3 is 2.84 bits per heavy atom. The predicted molar refractivity (Wildman–Crippen MR) is 135 cm³/mol. The van der Waals surface area contributed by atoms with Gasteiger partial charge < -0.3 is 15.3 Å². The van der Waals surface area contributed by atoms with E-state index in [0.29, 0.717) is 12.8 Å². The quantitative estimate of drug-likeness (QED) is 0.283. The highest BCUT2D eigenvalue weighted by molar-refractivity contribution is 8.01. The average molecular weight is 495 g/mol. The highest BCUT2D eigenvalue weighted by Gasteiger charge is 2.40. The van der Waals surface area contributed by atoms with Gasteiger partial charge in [-0.05, 0) is 54.2 Å². The molecule has 5 nitrogen and oxygen atoms in total. The second-order valence-corrected chi connectivity index (χ2v) is 11.5. The molecule has 1 heterocycles. The summed E-state index contributed by atoms with van der Waals surface area (Å²) in [5, 5.41) is 29.9. The van der Waals surface area contributed by atoms with E-state index in [4.69, 9.17) is 5.11 Å². The van der Waals surface area contributed by atoms with Crippen molar-refractivity contribution in [3.8, 4) is 0 Å². The summed E-state index contributed by atoms with van der Waals surface area (Å²) in [7, 11) is 0. The van der Waals surface area contributed by atoms with Gasteiger partial charge in [0.15, 0.2) is 0 Å². The Morgan fingerprint density at radius 1 is 1.28 bits per heavy atom. The fraction of sp³-hybridized carbons (Fsp3) is 0.500. The van der Waals surface area contributed by atoms with Gasteiger partial charge in [-0.25, -0.2) is 0 Å². The number of ketones is 1. The average Bonchev–Trinajstić information content (AvgIpc) is 3.33. The van der Waals surface area contributed by atoms with Crippen LogP contribution in [0.2, 0.25) is 0 Å². The number of rotatable bonds is 13. The molecule has 8 heteroatoms. The molecule has 0 unspecified atom stereocenters. The van der Waals surface area contributed by atoms with E-state index in [1.165, 1.54) is 26.7 Å². The van der Waals surface area contributed by atoms with Crippen molar-refractivity contribution in [3.63, 3.8) is 0 Å². The molecule has 2 aromatic rings. The smallest absolute Gasteiger partial charge is 0.313 e. The van der Waals surface area contributed by atoms with Crippen LogP contribution in [0.4, 0.5) is 0 Å². The summed E-state index contributed by atoms with van der Waals surface area (Å²) in [6.07, 6.45) is 5.75. The van der Waals surface area contributed by atoms with Gasteiger partial charge in [0.05, 0.1) is 17.1 Å². The van der Waals surface area contributed by atoms with Crippen molar-refractivity contribution in [1.82, 2.24) is 0 Å². The maximum atomic E-state index is 12.5. The SMILES string of the molecule is O=C(O)CSCCCS[C@H]1C(=O)C[C@@H](CO)[C@@H]1/C=C/[C@H](O)CCc1cc2ccccc2s1. The lowest BCUT2D eigenvalue weighted by molar-refractivity contribution is -0.133. The highest BCUT2D eigenvalue weighted by Crippen LogP contribution is 2.38. The zero-order valence-corrected chi connectivity index (χ0v) is 20.3. The lowest BCUT2D eigenvalue weighted by Crippen LogP contribution is -2.21. The van der Waals surface area contributed by atoms with Crippen LogP contribution in [0.3, 0.4) is 0 Å². The number of hydrogen-bond donors (Lipinski definition) is 3. The Labute approximate surface area is 201 Å². The Bertz CT molecular complexity index is 892. The van der Waals surface area contributed by atoms with Gasteiger partial charge in [-0.15, -0.1) is 23.1 Å². The summed E-state index contributed by atoms with van der Waals surface area (Å²) in [6.45, 7) is -0.0375. The summed E-state index contributed by atoms with van der Waals surface area (Å²) in [5.74, 6) is 0.790. The number of benzene rings is 1. The third-order valence-electron chi connectivity index (χ3n) is 5.58. The van der Waals surface area contributed by atoms with Gasteiger partial charge >= 0.3 is 5.97 Å². The number of aliphatic carboxylic acids is 1. The minimum atomic E-state index is -0.810. The number of thiophene rings is 1. The number of hydrogen-bond acceptors (Lipinski definition) is 7. The zero-order valence-electron chi connectivity index (χ0n) is 17.9. The van der Waals surface area contributed by atoms with Crippen LogP contribution >= 0.6 is 34.9 Å². The van der Waals surface area contributed by atoms with Crippen molar-refractivity contribution < 1.29 is 24.9 Å². The van der Waals surface area contributed by atoms with Gasteiger partial charge in [0.1, 0.15) is 5.78 Å². The van der Waals surface area contributed by atoms with Crippen LogP contribution in [0.5, 0.6) is 0 Å². The first-order chi connectivity index (χ1) is 15.5. The fourth-order valence-corrected chi connectivity index (χ4v) is 7.27. The lowest BCUT2D eigenvalue weighted by atomic mass is 9.95. The number of carboxylic acid groups (broad SMARTS) is 1. The molecule has 1 saturated carbocycles. The number of carbonyl (C=O) groups is 2. The predicted octanol–water partition coefficient (Wildman–Crippen LogP) is 4.26. The molecule has 1 aromatic carbocycles. The molecule has 1 fully saturated rings. The molecule has 174 valence electrons. The van der Waals surface area contributed by atoms with Crippen LogP contribution in [0.25, 0.3) is 10.1 Å². The molecule has 0 spiro atoms. The molecule has 1 aliphatic rings. The molecule has 3 N–H and O–H groups in total. The van der Waals surface area contributed by atoms with E-state index >= 15 is 0 Å². The Kier molecular flexibility index (Phi) is 10.1. The van der Waals surface area contributed by atoms with E-state index in [1.54, 1.807) is 29.2 Å². The molecule has 0 amide bonds. The number of fused-ring (bicyclic) bond motifs is 1. The fourth-order valence-electron chi connectivity index (χ4n) is 3.95. The molecular formula is C24H30O5S3. The molecular weight excluding hydrogens is 464 g/mol. The third kappa shape index (κ3) is 7.35. The third-order valence-corrected chi connectivity index (χ3v) is 9.25. The van der Waals surface area contributed by atoms with Crippen LogP contribution in [0, 0.1) is 11.8 Å². The molecule has 4 atom stereocenters. The van der Waals surface area contributed by atoms with E-state index in [0.717, 1.165) is 24.3 Å². The topological polar surface area (TPSA) is 94.8 Å². The molecule has 32 heavy (non-hydrogen) atoms. The van der Waals surface area contributed by atoms with Gasteiger partial charge in [-0.1, -0.05) is 30.4 Å². The zero-order chi connectivity index (χ0) is 22.9. The molecule has 1 aliphatic carbocycles. The van der Waals surface area contributed by atoms with Crippen molar-refractivity contribution in [2.45, 2.75) is 37.0 Å². The molecule has 0 aliphatic heterocycles. The van der Waals surface area contributed by atoms with Crippen LogP contribution < -0.4 is 0 Å². The second-order valence-electron chi connectivity index (χ2n) is 8.02. The van der Waals surface area contributed by atoms with Crippen molar-refractivity contribution >= 4 is 56.7 Å². The minimum absolute atomic E-state index is 0.0375. The van der Waals surface area contributed by atoms with Crippen molar-refractivity contribution in [2.75, 3.05) is 23.9 Å². The number of Topliss-reactive ketones (excluding diaryl/α,β-unsaturated/α-hetero) is 1. The van der Waals surface area contributed by atoms with Crippen molar-refractivity contribution in [1.29, 1.82) is 0 Å². The van der Waals surface area contributed by atoms with E-state index < -0.39 is 12.1 Å². The molecule has 0 radical (unpaired) electrons. The maximum Gasteiger partial charge on any atom is 0.313 e. The number of aliphatic hydroxyl groups excluding tert-OH is 2. The maximum absolute atomic E-state index is 12.5. The summed E-state index contributed by atoms with van der Waals surface area (Å²) in [6, 6.07) is 10.4. The van der Waals surface area contributed by atoms with Crippen LogP contribution in [-0.2, 0) is 16.0 Å². The lowest BCUT2D eigenvalue weighted by Gasteiger charge is -2.19. The first-order valence-electron chi connectivity index (χ1n) is 10.9. The normalized spacial score (nSPS) is 22.2. The van der Waals surface area contributed by atoms with Gasteiger partial charge in [0, 0.05) is 28.5 Å². The highest BCUT2D eigenvalue weighted by atomic mass is 32.2. The molecule has 0 bridgehead atoms. The van der Waals surface area contributed by atoms with Gasteiger partial charge in [0.2, 0.25) is 0 Å². The first-order valence-corrected chi connectivity index (χ1v) is 13.9. The Morgan fingerprint density at radius 2 is 2.09 bits per heavy atom. The van der Waals surface area contributed by atoms with Gasteiger partial charge in [-0.2, -0.15) is 11.8 Å². The Hall–Kier alpha value is -1.32. The molecule has 0 saturated heterocycles.